The Hall–Kier alpha value is -0.940. The van der Waals surface area contributed by atoms with Crippen molar-refractivity contribution in [2.24, 2.45) is 5.73 Å². The molecule has 0 spiro atoms. The maximum absolute atomic E-state index is 10.5. The predicted molar refractivity (Wildman–Crippen MR) is 80.1 cm³/mol. The summed E-state index contributed by atoms with van der Waals surface area (Å²) in [7, 11) is 0. The second kappa shape index (κ2) is 6.48. The number of rotatable bonds is 4. The molecule has 0 aliphatic rings. The van der Waals surface area contributed by atoms with Crippen LogP contribution in [0.15, 0.2) is 47.2 Å². The van der Waals surface area contributed by atoms with Crippen LogP contribution >= 0.6 is 27.5 Å². The molecule has 0 radical (unpaired) electrons. The van der Waals surface area contributed by atoms with Crippen LogP contribution in [0.2, 0.25) is 5.02 Å². The van der Waals surface area contributed by atoms with Gasteiger partial charge in [-0.2, -0.15) is 0 Å². The number of benzene rings is 1. The van der Waals surface area contributed by atoms with Crippen LogP contribution in [0, 0.1) is 0 Å². The van der Waals surface area contributed by atoms with Crippen molar-refractivity contribution in [1.82, 2.24) is 4.98 Å². The van der Waals surface area contributed by atoms with Crippen LogP contribution in [-0.2, 0) is 0 Å². The average Bonchev–Trinajstić information content (AvgIpc) is 2.44. The molecule has 5 heteroatoms. The lowest BCUT2D eigenvalue weighted by atomic mass is 9.90. The molecule has 19 heavy (non-hydrogen) atoms. The number of aromatic nitrogens is 1. The second-order valence-electron chi connectivity index (χ2n) is 4.22. The molecule has 0 aliphatic carbocycles. The first-order chi connectivity index (χ1) is 9.15. The zero-order valence-electron chi connectivity index (χ0n) is 10.1. The van der Waals surface area contributed by atoms with Gasteiger partial charge >= 0.3 is 0 Å². The third-order valence-corrected chi connectivity index (χ3v) is 4.36. The highest BCUT2D eigenvalue weighted by Gasteiger charge is 2.24. The molecular formula is C14H14BrClN2O. The zero-order chi connectivity index (χ0) is 13.8. The summed E-state index contributed by atoms with van der Waals surface area (Å²) in [5.74, 6) is -0.236. The van der Waals surface area contributed by atoms with Gasteiger partial charge in [0, 0.05) is 34.9 Å². The molecular weight excluding hydrogens is 328 g/mol. The van der Waals surface area contributed by atoms with Gasteiger partial charge in [0.05, 0.1) is 11.1 Å². The summed E-state index contributed by atoms with van der Waals surface area (Å²) in [6.45, 7) is 0.315. The Morgan fingerprint density at radius 3 is 2.74 bits per heavy atom. The van der Waals surface area contributed by atoms with E-state index in [-0.39, 0.29) is 5.92 Å². The zero-order valence-corrected chi connectivity index (χ0v) is 12.5. The topological polar surface area (TPSA) is 59.1 Å². The summed E-state index contributed by atoms with van der Waals surface area (Å²) in [5.41, 5.74) is 7.35. The highest BCUT2D eigenvalue weighted by molar-refractivity contribution is 9.10. The van der Waals surface area contributed by atoms with Gasteiger partial charge < -0.3 is 10.8 Å². The van der Waals surface area contributed by atoms with Crippen LogP contribution in [0.25, 0.3) is 0 Å². The normalized spacial score (nSPS) is 14.1. The van der Waals surface area contributed by atoms with E-state index >= 15 is 0 Å². The summed E-state index contributed by atoms with van der Waals surface area (Å²) < 4.78 is 0.757. The standard InChI is InChI=1S/C14H14BrClN2O/c15-12-5-1-4-10(13(12)16)14(19)11(7-17)9-3-2-6-18-8-9/h1-6,8,11,14,19H,7,17H2. The number of hydrogen-bond donors (Lipinski definition) is 2. The minimum absolute atomic E-state index is 0.236. The number of nitrogens with two attached hydrogens (primary N) is 1. The summed E-state index contributed by atoms with van der Waals surface area (Å²) >= 11 is 9.57. The van der Waals surface area contributed by atoms with Gasteiger partial charge in [-0.05, 0) is 33.6 Å². The molecule has 1 heterocycles. The minimum Gasteiger partial charge on any atom is -0.388 e. The van der Waals surface area contributed by atoms with E-state index in [0.717, 1.165) is 10.0 Å². The number of hydrogen-bond acceptors (Lipinski definition) is 3. The first-order valence-electron chi connectivity index (χ1n) is 5.87. The molecule has 2 rings (SSSR count). The molecule has 2 unspecified atom stereocenters. The molecule has 1 aromatic heterocycles. The molecule has 3 nitrogen and oxygen atoms in total. The maximum Gasteiger partial charge on any atom is 0.0886 e. The van der Waals surface area contributed by atoms with Gasteiger partial charge in [-0.1, -0.05) is 29.8 Å². The molecule has 0 saturated carbocycles. The Balaban J connectivity index is 2.36. The van der Waals surface area contributed by atoms with Crippen LogP contribution < -0.4 is 5.73 Å². The summed E-state index contributed by atoms with van der Waals surface area (Å²) in [4.78, 5) is 4.06. The average molecular weight is 342 g/mol. The van der Waals surface area contributed by atoms with E-state index in [2.05, 4.69) is 20.9 Å². The molecule has 0 aliphatic heterocycles. The Kier molecular flexibility index (Phi) is 4.93. The molecule has 0 amide bonds. The fraction of sp³-hybridized carbons (Fsp3) is 0.214. The lowest BCUT2D eigenvalue weighted by Crippen LogP contribution is -2.20. The summed E-state index contributed by atoms with van der Waals surface area (Å²) in [6, 6.07) is 9.20. The molecule has 100 valence electrons. The number of aliphatic hydroxyl groups excluding tert-OH is 1. The van der Waals surface area contributed by atoms with Crippen LogP contribution in [0.1, 0.15) is 23.1 Å². The van der Waals surface area contributed by atoms with Gasteiger partial charge in [0.2, 0.25) is 0 Å². The highest BCUT2D eigenvalue weighted by Crippen LogP contribution is 2.36. The first-order valence-corrected chi connectivity index (χ1v) is 7.04. The van der Waals surface area contributed by atoms with Gasteiger partial charge in [-0.3, -0.25) is 4.98 Å². The smallest absolute Gasteiger partial charge is 0.0886 e. The largest absolute Gasteiger partial charge is 0.388 e. The van der Waals surface area contributed by atoms with Crippen LogP contribution in [0.4, 0.5) is 0 Å². The van der Waals surface area contributed by atoms with Crippen molar-refractivity contribution in [2.75, 3.05) is 6.54 Å². The van der Waals surface area contributed by atoms with Crippen molar-refractivity contribution < 1.29 is 5.11 Å². The van der Waals surface area contributed by atoms with Gasteiger partial charge in [0.15, 0.2) is 0 Å². The molecule has 2 aromatic rings. The van der Waals surface area contributed by atoms with E-state index in [1.165, 1.54) is 0 Å². The van der Waals surface area contributed by atoms with Gasteiger partial charge in [-0.25, -0.2) is 0 Å². The minimum atomic E-state index is -0.765. The van der Waals surface area contributed by atoms with Crippen LogP contribution in [-0.4, -0.2) is 16.6 Å². The van der Waals surface area contributed by atoms with Crippen molar-refractivity contribution >= 4 is 27.5 Å². The van der Waals surface area contributed by atoms with Gasteiger partial charge in [0.25, 0.3) is 0 Å². The predicted octanol–water partition coefficient (Wildman–Crippen LogP) is 3.27. The number of nitrogens with zero attached hydrogens (tertiary/aromatic N) is 1. The molecule has 2 atom stereocenters. The van der Waals surface area contributed by atoms with E-state index in [1.54, 1.807) is 18.5 Å². The van der Waals surface area contributed by atoms with Crippen LogP contribution in [0.5, 0.6) is 0 Å². The molecule has 0 fully saturated rings. The lowest BCUT2D eigenvalue weighted by Gasteiger charge is -2.23. The van der Waals surface area contributed by atoms with Crippen LogP contribution in [0.3, 0.4) is 0 Å². The monoisotopic (exact) mass is 340 g/mol. The molecule has 3 N–H and O–H groups in total. The van der Waals surface area contributed by atoms with Crippen molar-refractivity contribution in [2.45, 2.75) is 12.0 Å². The third kappa shape index (κ3) is 3.15. The Morgan fingerprint density at radius 1 is 1.32 bits per heavy atom. The fourth-order valence-corrected chi connectivity index (χ4v) is 2.63. The lowest BCUT2D eigenvalue weighted by molar-refractivity contribution is 0.147. The summed E-state index contributed by atoms with van der Waals surface area (Å²) in [6.07, 6.45) is 2.64. The van der Waals surface area contributed by atoms with E-state index in [4.69, 9.17) is 17.3 Å². The summed E-state index contributed by atoms with van der Waals surface area (Å²) in [5, 5.41) is 11.0. The second-order valence-corrected chi connectivity index (χ2v) is 5.45. The molecule has 0 bridgehead atoms. The van der Waals surface area contributed by atoms with E-state index in [0.29, 0.717) is 17.1 Å². The van der Waals surface area contributed by atoms with Gasteiger partial charge in [0.1, 0.15) is 0 Å². The number of pyridine rings is 1. The van der Waals surface area contributed by atoms with E-state index in [1.807, 2.05) is 24.3 Å². The Bertz CT molecular complexity index is 550. The van der Waals surface area contributed by atoms with E-state index < -0.39 is 6.10 Å². The first kappa shape index (κ1) is 14.5. The SMILES string of the molecule is NCC(c1cccnc1)C(O)c1cccc(Br)c1Cl. The quantitative estimate of drug-likeness (QED) is 0.897. The maximum atomic E-state index is 10.5. The van der Waals surface area contributed by atoms with Crippen molar-refractivity contribution in [3.05, 3.63) is 63.3 Å². The number of halogens is 2. The third-order valence-electron chi connectivity index (χ3n) is 3.05. The Labute approximate surface area is 125 Å². The molecule has 1 aromatic carbocycles. The van der Waals surface area contributed by atoms with Crippen molar-refractivity contribution in [1.29, 1.82) is 0 Å². The van der Waals surface area contributed by atoms with Crippen molar-refractivity contribution in [3.63, 3.8) is 0 Å². The van der Waals surface area contributed by atoms with Gasteiger partial charge in [-0.15, -0.1) is 0 Å². The Morgan fingerprint density at radius 2 is 2.11 bits per heavy atom. The highest BCUT2D eigenvalue weighted by atomic mass is 79.9. The van der Waals surface area contributed by atoms with Crippen molar-refractivity contribution in [3.8, 4) is 0 Å². The molecule has 0 saturated heterocycles. The number of aliphatic hydroxyl groups is 1. The fourth-order valence-electron chi connectivity index (χ4n) is 2.01. The van der Waals surface area contributed by atoms with E-state index in [9.17, 15) is 5.11 Å².